The van der Waals surface area contributed by atoms with Gasteiger partial charge < -0.3 is 4.74 Å². The van der Waals surface area contributed by atoms with E-state index in [1.54, 1.807) is 11.8 Å². The van der Waals surface area contributed by atoms with E-state index in [9.17, 15) is 4.79 Å². The van der Waals surface area contributed by atoms with Crippen LogP contribution in [0.3, 0.4) is 0 Å². The molecule has 0 atom stereocenters. The largest absolute Gasteiger partial charge is 0.469 e. The van der Waals surface area contributed by atoms with Crippen molar-refractivity contribution in [2.45, 2.75) is 17.7 Å². The first-order chi connectivity index (χ1) is 7.19. The van der Waals surface area contributed by atoms with Crippen LogP contribution in [0.4, 0.5) is 0 Å². The zero-order chi connectivity index (χ0) is 11.3. The van der Waals surface area contributed by atoms with Gasteiger partial charge in [-0.05, 0) is 40.2 Å². The molecule has 0 aromatic heterocycles. The second-order valence-corrected chi connectivity index (χ2v) is 4.65. The predicted octanol–water partition coefficient (Wildman–Crippen LogP) is 3.28. The van der Waals surface area contributed by atoms with Gasteiger partial charge in [0, 0.05) is 15.8 Å². The first-order valence-electron chi connectivity index (χ1n) is 4.57. The Morgan fingerprint density at radius 1 is 1.53 bits per heavy atom. The zero-order valence-corrected chi connectivity index (χ0v) is 11.2. The van der Waals surface area contributed by atoms with E-state index < -0.39 is 0 Å². The van der Waals surface area contributed by atoms with E-state index in [0.29, 0.717) is 12.8 Å². The molecule has 0 saturated carbocycles. The summed E-state index contributed by atoms with van der Waals surface area (Å²) in [5, 5.41) is 0. The van der Waals surface area contributed by atoms with Crippen LogP contribution < -0.4 is 0 Å². The molecule has 15 heavy (non-hydrogen) atoms. The molecule has 82 valence electrons. The number of benzene rings is 1. The Morgan fingerprint density at radius 2 is 2.27 bits per heavy atom. The van der Waals surface area contributed by atoms with Crippen molar-refractivity contribution in [2.75, 3.05) is 13.4 Å². The van der Waals surface area contributed by atoms with E-state index in [1.165, 1.54) is 12.0 Å². The lowest BCUT2D eigenvalue weighted by Crippen LogP contribution is -2.02. The standard InChI is InChI=1S/C11H13BrO2S/c1-14-10(13)7-6-8-4-3-5-9(15-2)11(8)12/h3-5H,6-7H2,1-2H3. The first-order valence-corrected chi connectivity index (χ1v) is 6.59. The van der Waals surface area contributed by atoms with Gasteiger partial charge in [-0.25, -0.2) is 0 Å². The number of aryl methyl sites for hydroxylation is 1. The van der Waals surface area contributed by atoms with E-state index in [4.69, 9.17) is 0 Å². The van der Waals surface area contributed by atoms with E-state index in [0.717, 1.165) is 10.0 Å². The Balaban J connectivity index is 2.73. The average Bonchev–Trinajstić information content (AvgIpc) is 2.27. The molecule has 0 heterocycles. The fourth-order valence-corrected chi connectivity index (χ4v) is 2.72. The molecular formula is C11H13BrO2S. The van der Waals surface area contributed by atoms with Crippen LogP contribution in [0.2, 0.25) is 0 Å². The number of thioether (sulfide) groups is 1. The fourth-order valence-electron chi connectivity index (χ4n) is 1.25. The first kappa shape index (κ1) is 12.6. The maximum atomic E-state index is 11.0. The molecule has 1 rings (SSSR count). The van der Waals surface area contributed by atoms with Crippen molar-refractivity contribution >= 4 is 33.7 Å². The molecule has 0 unspecified atom stereocenters. The summed E-state index contributed by atoms with van der Waals surface area (Å²) < 4.78 is 5.69. The highest BCUT2D eigenvalue weighted by molar-refractivity contribution is 9.10. The van der Waals surface area contributed by atoms with Gasteiger partial charge in [-0.2, -0.15) is 0 Å². The van der Waals surface area contributed by atoms with Gasteiger partial charge in [-0.1, -0.05) is 12.1 Å². The van der Waals surface area contributed by atoms with E-state index >= 15 is 0 Å². The van der Waals surface area contributed by atoms with Crippen LogP contribution in [0.1, 0.15) is 12.0 Å². The van der Waals surface area contributed by atoms with Gasteiger partial charge in [0.15, 0.2) is 0 Å². The van der Waals surface area contributed by atoms with Crippen molar-refractivity contribution in [3.05, 3.63) is 28.2 Å². The number of ether oxygens (including phenoxy) is 1. The minimum absolute atomic E-state index is 0.170. The Kier molecular flexibility index (Phi) is 5.19. The molecule has 0 spiro atoms. The molecular weight excluding hydrogens is 276 g/mol. The maximum Gasteiger partial charge on any atom is 0.305 e. The van der Waals surface area contributed by atoms with Crippen LogP contribution in [-0.2, 0) is 16.0 Å². The van der Waals surface area contributed by atoms with E-state index in [2.05, 4.69) is 26.7 Å². The molecule has 0 radical (unpaired) electrons. The molecule has 0 aliphatic carbocycles. The molecule has 2 nitrogen and oxygen atoms in total. The molecule has 1 aromatic carbocycles. The van der Waals surface area contributed by atoms with E-state index in [1.807, 2.05) is 18.4 Å². The lowest BCUT2D eigenvalue weighted by molar-refractivity contribution is -0.140. The number of carbonyl (C=O) groups is 1. The molecule has 0 bridgehead atoms. The normalized spacial score (nSPS) is 10.1. The van der Waals surface area contributed by atoms with Gasteiger partial charge in [0.2, 0.25) is 0 Å². The van der Waals surface area contributed by atoms with Crippen LogP contribution in [0, 0.1) is 0 Å². The maximum absolute atomic E-state index is 11.0. The number of carbonyl (C=O) groups excluding carboxylic acids is 1. The zero-order valence-electron chi connectivity index (χ0n) is 8.75. The smallest absolute Gasteiger partial charge is 0.305 e. The summed E-state index contributed by atoms with van der Waals surface area (Å²) in [5.41, 5.74) is 1.15. The summed E-state index contributed by atoms with van der Waals surface area (Å²) in [6.07, 6.45) is 3.17. The number of rotatable bonds is 4. The average molecular weight is 289 g/mol. The molecule has 0 saturated heterocycles. The highest BCUT2D eigenvalue weighted by Crippen LogP contribution is 2.29. The predicted molar refractivity (Wildman–Crippen MR) is 66.3 cm³/mol. The lowest BCUT2D eigenvalue weighted by Gasteiger charge is -2.07. The van der Waals surface area contributed by atoms with Crippen molar-refractivity contribution in [1.29, 1.82) is 0 Å². The monoisotopic (exact) mass is 288 g/mol. The molecule has 0 amide bonds. The van der Waals surface area contributed by atoms with Gasteiger partial charge >= 0.3 is 5.97 Å². The molecule has 0 N–H and O–H groups in total. The van der Waals surface area contributed by atoms with Crippen molar-refractivity contribution in [1.82, 2.24) is 0 Å². The minimum Gasteiger partial charge on any atom is -0.469 e. The summed E-state index contributed by atoms with van der Waals surface area (Å²) in [6, 6.07) is 6.08. The Labute approximate surface area is 103 Å². The van der Waals surface area contributed by atoms with Crippen molar-refractivity contribution in [3.63, 3.8) is 0 Å². The number of methoxy groups -OCH3 is 1. The molecule has 0 aliphatic rings. The third-order valence-electron chi connectivity index (χ3n) is 2.09. The van der Waals surface area contributed by atoms with Gasteiger partial charge in [-0.15, -0.1) is 11.8 Å². The van der Waals surface area contributed by atoms with E-state index in [-0.39, 0.29) is 5.97 Å². The van der Waals surface area contributed by atoms with Crippen molar-refractivity contribution in [3.8, 4) is 0 Å². The Hall–Kier alpha value is -0.480. The number of hydrogen-bond donors (Lipinski definition) is 0. The van der Waals surface area contributed by atoms with Crippen molar-refractivity contribution in [2.24, 2.45) is 0 Å². The fraction of sp³-hybridized carbons (Fsp3) is 0.364. The highest BCUT2D eigenvalue weighted by Gasteiger charge is 2.07. The number of hydrogen-bond acceptors (Lipinski definition) is 3. The Morgan fingerprint density at radius 3 is 2.87 bits per heavy atom. The van der Waals surface area contributed by atoms with Gasteiger partial charge in [-0.3, -0.25) is 4.79 Å². The quantitative estimate of drug-likeness (QED) is 0.628. The van der Waals surface area contributed by atoms with Gasteiger partial charge in [0.1, 0.15) is 0 Å². The summed E-state index contributed by atoms with van der Waals surface area (Å²) in [5.74, 6) is -0.170. The molecule has 1 aromatic rings. The summed E-state index contributed by atoms with van der Waals surface area (Å²) in [4.78, 5) is 12.2. The summed E-state index contributed by atoms with van der Waals surface area (Å²) in [6.45, 7) is 0. The van der Waals surface area contributed by atoms with Gasteiger partial charge in [0.05, 0.1) is 7.11 Å². The second-order valence-electron chi connectivity index (χ2n) is 3.01. The van der Waals surface area contributed by atoms with Crippen LogP contribution in [0.5, 0.6) is 0 Å². The van der Waals surface area contributed by atoms with Crippen LogP contribution >= 0.6 is 27.7 Å². The number of halogens is 1. The summed E-state index contributed by atoms with van der Waals surface area (Å²) in [7, 11) is 1.41. The third kappa shape index (κ3) is 3.54. The minimum atomic E-state index is -0.170. The lowest BCUT2D eigenvalue weighted by atomic mass is 10.1. The van der Waals surface area contributed by atoms with Crippen LogP contribution in [0.25, 0.3) is 0 Å². The SMILES string of the molecule is COC(=O)CCc1cccc(SC)c1Br. The summed E-state index contributed by atoms with van der Waals surface area (Å²) >= 11 is 5.23. The topological polar surface area (TPSA) is 26.3 Å². The van der Waals surface area contributed by atoms with Gasteiger partial charge in [0.25, 0.3) is 0 Å². The van der Waals surface area contributed by atoms with Crippen LogP contribution in [0.15, 0.2) is 27.6 Å². The third-order valence-corrected chi connectivity index (χ3v) is 4.07. The molecule has 4 heteroatoms. The highest BCUT2D eigenvalue weighted by atomic mass is 79.9. The molecule has 0 fully saturated rings. The number of esters is 1. The molecule has 0 aliphatic heterocycles. The van der Waals surface area contributed by atoms with Crippen LogP contribution in [-0.4, -0.2) is 19.3 Å². The Bertz CT molecular complexity index is 352. The second kappa shape index (κ2) is 6.18. The van der Waals surface area contributed by atoms with Crippen molar-refractivity contribution < 1.29 is 9.53 Å².